The van der Waals surface area contributed by atoms with Crippen molar-refractivity contribution in [1.82, 2.24) is 0 Å². The first-order valence-corrected chi connectivity index (χ1v) is 13.1. The SMILES string of the molecule is CCCCCCCCCCCCOC(=O)C(N)CCCCCCCCCCCC. The zero-order valence-electron chi connectivity index (χ0n) is 20.0. The molecule has 3 heteroatoms. The molecule has 3 nitrogen and oxygen atoms in total. The summed E-state index contributed by atoms with van der Waals surface area (Å²) in [5, 5.41) is 0. The second kappa shape index (κ2) is 23.7. The topological polar surface area (TPSA) is 52.3 Å². The molecule has 0 saturated heterocycles. The Bertz CT molecular complexity index is 333. The van der Waals surface area contributed by atoms with Gasteiger partial charge in [-0.15, -0.1) is 0 Å². The third kappa shape index (κ3) is 21.9. The lowest BCUT2D eigenvalue weighted by atomic mass is 10.0. The average molecular weight is 412 g/mol. The number of nitrogens with two attached hydrogens (primary N) is 1. The van der Waals surface area contributed by atoms with Crippen LogP contribution in [-0.2, 0) is 9.53 Å². The van der Waals surface area contributed by atoms with Crippen LogP contribution in [0.1, 0.15) is 149 Å². The normalized spacial score (nSPS) is 12.2. The molecule has 0 heterocycles. The fraction of sp³-hybridized carbons (Fsp3) is 0.962. The molecule has 0 aliphatic rings. The molecule has 0 bridgehead atoms. The van der Waals surface area contributed by atoms with Gasteiger partial charge in [-0.3, -0.25) is 4.79 Å². The standard InChI is InChI=1S/C26H53NO2/c1-3-5-7-9-11-13-15-17-19-21-23-25(27)26(28)29-24-22-20-18-16-14-12-10-8-6-4-2/h25H,3-24,27H2,1-2H3. The molecule has 0 amide bonds. The van der Waals surface area contributed by atoms with E-state index in [1.165, 1.54) is 109 Å². The molecule has 0 spiro atoms. The van der Waals surface area contributed by atoms with E-state index in [0.29, 0.717) is 6.61 Å². The van der Waals surface area contributed by atoms with E-state index in [9.17, 15) is 4.79 Å². The lowest BCUT2D eigenvalue weighted by molar-refractivity contribution is -0.145. The van der Waals surface area contributed by atoms with Crippen LogP contribution in [0, 0.1) is 0 Å². The van der Waals surface area contributed by atoms with E-state index < -0.39 is 6.04 Å². The van der Waals surface area contributed by atoms with Crippen LogP contribution in [-0.4, -0.2) is 18.6 Å². The summed E-state index contributed by atoms with van der Waals surface area (Å²) in [6.07, 6.45) is 26.8. The molecule has 2 N–H and O–H groups in total. The van der Waals surface area contributed by atoms with E-state index in [2.05, 4.69) is 13.8 Å². The van der Waals surface area contributed by atoms with Gasteiger partial charge < -0.3 is 10.5 Å². The minimum absolute atomic E-state index is 0.197. The highest BCUT2D eigenvalue weighted by Gasteiger charge is 2.14. The van der Waals surface area contributed by atoms with Gasteiger partial charge in [0.25, 0.3) is 0 Å². The van der Waals surface area contributed by atoms with Crippen molar-refractivity contribution in [3.05, 3.63) is 0 Å². The van der Waals surface area contributed by atoms with E-state index in [1.54, 1.807) is 0 Å². The van der Waals surface area contributed by atoms with Gasteiger partial charge >= 0.3 is 5.97 Å². The molecule has 1 atom stereocenters. The van der Waals surface area contributed by atoms with Gasteiger partial charge in [0.15, 0.2) is 0 Å². The number of hydrogen-bond acceptors (Lipinski definition) is 3. The van der Waals surface area contributed by atoms with Crippen LogP contribution in [0.25, 0.3) is 0 Å². The van der Waals surface area contributed by atoms with Gasteiger partial charge in [-0.1, -0.05) is 136 Å². The summed E-state index contributed by atoms with van der Waals surface area (Å²) in [5.41, 5.74) is 5.98. The van der Waals surface area contributed by atoms with Crippen molar-refractivity contribution in [3.8, 4) is 0 Å². The summed E-state index contributed by atoms with van der Waals surface area (Å²) < 4.78 is 5.35. The number of carbonyl (C=O) groups is 1. The maximum atomic E-state index is 11.9. The van der Waals surface area contributed by atoms with Crippen LogP contribution in [0.5, 0.6) is 0 Å². The van der Waals surface area contributed by atoms with E-state index in [0.717, 1.165) is 25.7 Å². The van der Waals surface area contributed by atoms with Crippen LogP contribution in [0.3, 0.4) is 0 Å². The van der Waals surface area contributed by atoms with Crippen LogP contribution < -0.4 is 5.73 Å². The van der Waals surface area contributed by atoms with Crippen molar-refractivity contribution in [2.45, 2.75) is 155 Å². The van der Waals surface area contributed by atoms with Crippen molar-refractivity contribution in [1.29, 1.82) is 0 Å². The highest BCUT2D eigenvalue weighted by Crippen LogP contribution is 2.13. The van der Waals surface area contributed by atoms with Gasteiger partial charge in [-0.25, -0.2) is 0 Å². The third-order valence-electron chi connectivity index (χ3n) is 5.91. The van der Waals surface area contributed by atoms with Crippen LogP contribution in [0.4, 0.5) is 0 Å². The molecule has 0 saturated carbocycles. The Morgan fingerprint density at radius 3 is 1.34 bits per heavy atom. The summed E-state index contributed by atoms with van der Waals surface area (Å²) in [5.74, 6) is -0.197. The maximum Gasteiger partial charge on any atom is 0.322 e. The quantitative estimate of drug-likeness (QED) is 0.136. The second-order valence-corrected chi connectivity index (χ2v) is 8.93. The van der Waals surface area contributed by atoms with Gasteiger partial charge in [-0.05, 0) is 12.8 Å². The van der Waals surface area contributed by atoms with Crippen molar-refractivity contribution < 1.29 is 9.53 Å². The zero-order valence-corrected chi connectivity index (χ0v) is 20.0. The van der Waals surface area contributed by atoms with Crippen molar-refractivity contribution in [2.75, 3.05) is 6.61 Å². The molecule has 0 rings (SSSR count). The first kappa shape index (κ1) is 28.4. The van der Waals surface area contributed by atoms with Crippen LogP contribution in [0.15, 0.2) is 0 Å². The molecule has 0 aliphatic heterocycles. The monoisotopic (exact) mass is 411 g/mol. The number of carbonyl (C=O) groups excluding carboxylic acids is 1. The molecule has 0 radical (unpaired) electrons. The maximum absolute atomic E-state index is 11.9. The minimum Gasteiger partial charge on any atom is -0.465 e. The van der Waals surface area contributed by atoms with E-state index >= 15 is 0 Å². The zero-order chi connectivity index (χ0) is 21.4. The van der Waals surface area contributed by atoms with Crippen LogP contribution in [0.2, 0.25) is 0 Å². The van der Waals surface area contributed by atoms with Crippen molar-refractivity contribution in [2.24, 2.45) is 5.73 Å². The lowest BCUT2D eigenvalue weighted by Gasteiger charge is -2.11. The fourth-order valence-corrected chi connectivity index (χ4v) is 3.84. The lowest BCUT2D eigenvalue weighted by Crippen LogP contribution is -2.32. The Morgan fingerprint density at radius 1 is 0.586 bits per heavy atom. The minimum atomic E-state index is -0.424. The summed E-state index contributed by atoms with van der Waals surface area (Å²) >= 11 is 0. The van der Waals surface area contributed by atoms with Crippen LogP contribution >= 0.6 is 0 Å². The molecule has 0 fully saturated rings. The van der Waals surface area contributed by atoms with Gasteiger partial charge in [-0.2, -0.15) is 0 Å². The Kier molecular flexibility index (Phi) is 23.2. The Labute approximate surface area is 182 Å². The average Bonchev–Trinajstić information content (AvgIpc) is 2.73. The Balaban J connectivity index is 3.31. The van der Waals surface area contributed by atoms with Gasteiger partial charge in [0.2, 0.25) is 0 Å². The highest BCUT2D eigenvalue weighted by molar-refractivity contribution is 5.75. The highest BCUT2D eigenvalue weighted by atomic mass is 16.5. The van der Waals surface area contributed by atoms with Gasteiger partial charge in [0.05, 0.1) is 6.61 Å². The number of rotatable bonds is 23. The van der Waals surface area contributed by atoms with E-state index in [-0.39, 0.29) is 5.97 Å². The molecule has 29 heavy (non-hydrogen) atoms. The summed E-state index contributed by atoms with van der Waals surface area (Å²) in [6, 6.07) is -0.424. The smallest absolute Gasteiger partial charge is 0.322 e. The van der Waals surface area contributed by atoms with Crippen molar-refractivity contribution in [3.63, 3.8) is 0 Å². The molecule has 0 aliphatic carbocycles. The summed E-state index contributed by atoms with van der Waals surface area (Å²) in [7, 11) is 0. The van der Waals surface area contributed by atoms with E-state index in [1.807, 2.05) is 0 Å². The van der Waals surface area contributed by atoms with E-state index in [4.69, 9.17) is 10.5 Å². The first-order valence-electron chi connectivity index (χ1n) is 13.1. The third-order valence-corrected chi connectivity index (χ3v) is 5.91. The van der Waals surface area contributed by atoms with Gasteiger partial charge in [0.1, 0.15) is 6.04 Å². The van der Waals surface area contributed by atoms with Gasteiger partial charge in [0, 0.05) is 0 Å². The first-order chi connectivity index (χ1) is 14.2. The number of ether oxygens (including phenoxy) is 1. The molecular weight excluding hydrogens is 358 g/mol. The predicted octanol–water partition coefficient (Wildman–Crippen LogP) is 8.09. The molecular formula is C26H53NO2. The molecule has 0 aromatic carbocycles. The molecule has 0 aromatic rings. The molecule has 1 unspecified atom stereocenters. The molecule has 0 aromatic heterocycles. The summed E-state index contributed by atoms with van der Waals surface area (Å²) in [4.78, 5) is 11.9. The predicted molar refractivity (Wildman–Crippen MR) is 127 cm³/mol. The fourth-order valence-electron chi connectivity index (χ4n) is 3.84. The van der Waals surface area contributed by atoms with Crippen molar-refractivity contribution >= 4 is 5.97 Å². The Morgan fingerprint density at radius 2 is 0.931 bits per heavy atom. The second-order valence-electron chi connectivity index (χ2n) is 8.93. The number of unbranched alkanes of at least 4 members (excludes halogenated alkanes) is 18. The largest absolute Gasteiger partial charge is 0.465 e. The summed E-state index contributed by atoms with van der Waals surface area (Å²) in [6.45, 7) is 5.07. The number of esters is 1. The number of hydrogen-bond donors (Lipinski definition) is 1. The molecule has 174 valence electrons. The Hall–Kier alpha value is -0.570.